The number of hydrogen-bond donors (Lipinski definition) is 1. The zero-order valence-electron chi connectivity index (χ0n) is 16.0. The minimum atomic E-state index is -0.483. The fourth-order valence-corrected chi connectivity index (χ4v) is 4.26. The van der Waals surface area contributed by atoms with Crippen LogP contribution in [0.15, 0.2) is 47.5 Å². The molecule has 0 radical (unpaired) electrons. The summed E-state index contributed by atoms with van der Waals surface area (Å²) in [4.78, 5) is 31.4. The number of rotatable bonds is 5. The number of aliphatic imine (C=N–C) groups is 1. The van der Waals surface area contributed by atoms with Crippen LogP contribution in [0.4, 0.5) is 11.4 Å². The van der Waals surface area contributed by atoms with Gasteiger partial charge in [-0.25, -0.2) is 4.99 Å². The molecular formula is C21H22ClN3O2S. The Morgan fingerprint density at radius 2 is 1.96 bits per heavy atom. The molecule has 1 aliphatic heterocycles. The van der Waals surface area contributed by atoms with Gasteiger partial charge in [-0.3, -0.25) is 14.5 Å². The molecule has 0 saturated carbocycles. The molecule has 0 aliphatic carbocycles. The van der Waals surface area contributed by atoms with E-state index in [1.807, 2.05) is 57.2 Å². The predicted octanol–water partition coefficient (Wildman–Crippen LogP) is 4.94. The molecule has 1 unspecified atom stereocenters. The zero-order valence-corrected chi connectivity index (χ0v) is 17.6. The lowest BCUT2D eigenvalue weighted by Crippen LogP contribution is -2.33. The lowest BCUT2D eigenvalue weighted by atomic mass is 10.2. The molecule has 3 rings (SSSR count). The van der Waals surface area contributed by atoms with Gasteiger partial charge in [-0.1, -0.05) is 47.6 Å². The summed E-state index contributed by atoms with van der Waals surface area (Å²) in [5.41, 5.74) is 3.40. The van der Waals surface area contributed by atoms with Crippen molar-refractivity contribution in [3.63, 3.8) is 0 Å². The third-order valence-corrected chi connectivity index (χ3v) is 6.09. The van der Waals surface area contributed by atoms with Gasteiger partial charge < -0.3 is 5.32 Å². The highest BCUT2D eigenvalue weighted by atomic mass is 35.5. The molecule has 28 heavy (non-hydrogen) atoms. The van der Waals surface area contributed by atoms with Gasteiger partial charge in [0.1, 0.15) is 5.25 Å². The van der Waals surface area contributed by atoms with Gasteiger partial charge in [-0.2, -0.15) is 0 Å². The van der Waals surface area contributed by atoms with Crippen LogP contribution >= 0.6 is 23.4 Å². The standard InChI is InChI=1S/C21H22ClN3O2S/c1-4-25-20(27)18(12-19(26)24-17-8-6-5-7-14(17)3)28-21(25)23-15-10-9-13(2)16(22)11-15/h5-11,18H,4,12H2,1-3H3,(H,24,26). The van der Waals surface area contributed by atoms with Crippen molar-refractivity contribution >= 4 is 51.7 Å². The number of hydrogen-bond acceptors (Lipinski definition) is 4. The van der Waals surface area contributed by atoms with Gasteiger partial charge in [0.15, 0.2) is 5.17 Å². The molecular weight excluding hydrogens is 394 g/mol. The molecule has 1 atom stereocenters. The number of aryl methyl sites for hydroxylation is 2. The summed E-state index contributed by atoms with van der Waals surface area (Å²) in [5, 5.41) is 3.64. The third-order valence-electron chi connectivity index (χ3n) is 4.51. The molecule has 1 N–H and O–H groups in total. The molecule has 0 spiro atoms. The van der Waals surface area contributed by atoms with E-state index < -0.39 is 5.25 Å². The van der Waals surface area contributed by atoms with Crippen LogP contribution in [0.2, 0.25) is 5.02 Å². The van der Waals surface area contributed by atoms with Crippen molar-refractivity contribution in [3.8, 4) is 0 Å². The molecule has 2 amide bonds. The SMILES string of the molecule is CCN1C(=O)C(CC(=O)Nc2ccccc2C)SC1=Nc1ccc(C)c(Cl)c1. The van der Waals surface area contributed by atoms with Gasteiger partial charge in [0.05, 0.1) is 5.69 Å². The first-order valence-electron chi connectivity index (χ1n) is 9.07. The predicted molar refractivity (Wildman–Crippen MR) is 116 cm³/mol. The number of thioether (sulfide) groups is 1. The number of amidine groups is 1. The van der Waals surface area contributed by atoms with Crippen LogP contribution in [-0.4, -0.2) is 33.7 Å². The molecule has 0 bridgehead atoms. The minimum Gasteiger partial charge on any atom is -0.326 e. The molecule has 5 nitrogen and oxygen atoms in total. The maximum Gasteiger partial charge on any atom is 0.242 e. The van der Waals surface area contributed by atoms with Crippen molar-refractivity contribution < 1.29 is 9.59 Å². The van der Waals surface area contributed by atoms with Gasteiger partial charge in [-0.15, -0.1) is 0 Å². The number of anilines is 1. The van der Waals surface area contributed by atoms with Gasteiger partial charge in [-0.05, 0) is 50.1 Å². The summed E-state index contributed by atoms with van der Waals surface area (Å²) in [6.45, 7) is 6.25. The van der Waals surface area contributed by atoms with E-state index in [1.165, 1.54) is 11.8 Å². The van der Waals surface area contributed by atoms with Crippen LogP contribution in [-0.2, 0) is 9.59 Å². The van der Waals surface area contributed by atoms with E-state index in [0.29, 0.717) is 22.4 Å². The molecule has 2 aromatic carbocycles. The quantitative estimate of drug-likeness (QED) is 0.752. The van der Waals surface area contributed by atoms with Crippen molar-refractivity contribution in [1.82, 2.24) is 4.90 Å². The second-order valence-electron chi connectivity index (χ2n) is 6.58. The minimum absolute atomic E-state index is 0.0932. The van der Waals surface area contributed by atoms with Crippen molar-refractivity contribution in [2.45, 2.75) is 32.4 Å². The summed E-state index contributed by atoms with van der Waals surface area (Å²) < 4.78 is 0. The number of halogens is 1. The summed E-state index contributed by atoms with van der Waals surface area (Å²) in [6, 6.07) is 13.1. The van der Waals surface area contributed by atoms with Crippen molar-refractivity contribution in [2.75, 3.05) is 11.9 Å². The Hall–Kier alpha value is -2.31. The molecule has 1 saturated heterocycles. The fraction of sp³-hybridized carbons (Fsp3) is 0.286. The molecule has 1 heterocycles. The summed E-state index contributed by atoms with van der Waals surface area (Å²) in [6.07, 6.45) is 0.0992. The lowest BCUT2D eigenvalue weighted by Gasteiger charge is -2.13. The van der Waals surface area contributed by atoms with Crippen molar-refractivity contribution in [1.29, 1.82) is 0 Å². The van der Waals surface area contributed by atoms with Gasteiger partial charge >= 0.3 is 0 Å². The third kappa shape index (κ3) is 4.56. The molecule has 1 aliphatic rings. The summed E-state index contributed by atoms with van der Waals surface area (Å²) >= 11 is 7.50. The Morgan fingerprint density at radius 3 is 2.64 bits per heavy atom. The highest BCUT2D eigenvalue weighted by Gasteiger charge is 2.38. The summed E-state index contributed by atoms with van der Waals surface area (Å²) in [5.74, 6) is -0.278. The second-order valence-corrected chi connectivity index (χ2v) is 8.16. The number of benzene rings is 2. The Kier molecular flexibility index (Phi) is 6.42. The van der Waals surface area contributed by atoms with E-state index in [0.717, 1.165) is 16.8 Å². The van der Waals surface area contributed by atoms with Crippen molar-refractivity contribution in [3.05, 3.63) is 58.6 Å². The number of para-hydroxylation sites is 1. The Morgan fingerprint density at radius 1 is 1.21 bits per heavy atom. The first-order chi connectivity index (χ1) is 13.4. The van der Waals surface area contributed by atoms with Crippen LogP contribution in [0.25, 0.3) is 0 Å². The first kappa shape index (κ1) is 20.4. The maximum absolute atomic E-state index is 12.7. The number of nitrogens with zero attached hydrogens (tertiary/aromatic N) is 2. The van der Waals surface area contributed by atoms with Crippen LogP contribution in [0.1, 0.15) is 24.5 Å². The average molecular weight is 416 g/mol. The second kappa shape index (κ2) is 8.80. The number of carbonyl (C=O) groups excluding carboxylic acids is 2. The average Bonchev–Trinajstić information content (AvgIpc) is 2.94. The van der Waals surface area contributed by atoms with E-state index in [1.54, 1.807) is 11.0 Å². The molecule has 7 heteroatoms. The van der Waals surface area contributed by atoms with E-state index >= 15 is 0 Å². The van der Waals surface area contributed by atoms with E-state index in [2.05, 4.69) is 10.3 Å². The normalized spacial score (nSPS) is 18.0. The number of nitrogens with one attached hydrogen (secondary N) is 1. The fourth-order valence-electron chi connectivity index (χ4n) is 2.86. The van der Waals surface area contributed by atoms with Crippen LogP contribution in [0.5, 0.6) is 0 Å². The van der Waals surface area contributed by atoms with E-state index in [-0.39, 0.29) is 18.2 Å². The molecule has 2 aromatic rings. The smallest absolute Gasteiger partial charge is 0.242 e. The van der Waals surface area contributed by atoms with Gasteiger partial charge in [0, 0.05) is 23.7 Å². The number of carbonyl (C=O) groups is 2. The van der Waals surface area contributed by atoms with Crippen molar-refractivity contribution in [2.24, 2.45) is 4.99 Å². The topological polar surface area (TPSA) is 61.8 Å². The first-order valence-corrected chi connectivity index (χ1v) is 10.3. The Labute approximate surface area is 174 Å². The monoisotopic (exact) mass is 415 g/mol. The zero-order chi connectivity index (χ0) is 20.3. The van der Waals surface area contributed by atoms with E-state index in [4.69, 9.17) is 11.6 Å². The Balaban J connectivity index is 1.74. The molecule has 146 valence electrons. The van der Waals surface area contributed by atoms with Gasteiger partial charge in [0.25, 0.3) is 0 Å². The highest BCUT2D eigenvalue weighted by Crippen LogP contribution is 2.32. The maximum atomic E-state index is 12.7. The van der Waals surface area contributed by atoms with Crippen LogP contribution in [0, 0.1) is 13.8 Å². The molecule has 1 fully saturated rings. The summed E-state index contributed by atoms with van der Waals surface area (Å²) in [7, 11) is 0. The highest BCUT2D eigenvalue weighted by molar-refractivity contribution is 8.15. The van der Waals surface area contributed by atoms with Crippen LogP contribution in [0.3, 0.4) is 0 Å². The number of amides is 2. The van der Waals surface area contributed by atoms with E-state index in [9.17, 15) is 9.59 Å². The molecule has 0 aromatic heterocycles. The lowest BCUT2D eigenvalue weighted by molar-refractivity contribution is -0.128. The van der Waals surface area contributed by atoms with Gasteiger partial charge in [0.2, 0.25) is 11.8 Å². The Bertz CT molecular complexity index is 945. The van der Waals surface area contributed by atoms with Crippen LogP contribution < -0.4 is 5.32 Å². The largest absolute Gasteiger partial charge is 0.326 e.